The van der Waals surface area contributed by atoms with E-state index in [2.05, 4.69) is 9.71 Å². The number of amidine groups is 1. The lowest BCUT2D eigenvalue weighted by molar-refractivity contribution is 0.0956. The number of thioether (sulfide) groups is 1. The van der Waals surface area contributed by atoms with E-state index in [1.807, 2.05) is 23.1 Å². The van der Waals surface area contributed by atoms with E-state index in [9.17, 15) is 21.6 Å². The molecule has 12 heteroatoms. The van der Waals surface area contributed by atoms with Crippen molar-refractivity contribution in [1.82, 2.24) is 5.32 Å². The van der Waals surface area contributed by atoms with Gasteiger partial charge in [-0.05, 0) is 48.0 Å². The zero-order chi connectivity index (χ0) is 22.5. The quantitative estimate of drug-likeness (QED) is 0.671. The van der Waals surface area contributed by atoms with E-state index in [-0.39, 0.29) is 24.0 Å². The number of nitrogens with zero attached hydrogens (tertiary/aromatic N) is 3. The summed E-state index contributed by atoms with van der Waals surface area (Å²) in [6, 6.07) is 12.5. The van der Waals surface area contributed by atoms with Crippen LogP contribution in [-0.2, 0) is 26.5 Å². The highest BCUT2D eigenvalue weighted by Gasteiger charge is 2.33. The summed E-state index contributed by atoms with van der Waals surface area (Å²) in [7, 11) is -7.00. The molecule has 3 aliphatic heterocycles. The Kier molecular flexibility index (Phi) is 5.18. The number of hydrogen-bond donors (Lipinski definition) is 1. The third kappa shape index (κ3) is 3.86. The Hall–Kier alpha value is -2.57. The number of sulfonamides is 2. The highest BCUT2D eigenvalue weighted by molar-refractivity contribution is 8.15. The summed E-state index contributed by atoms with van der Waals surface area (Å²) in [5.74, 6) is -0.631. The Morgan fingerprint density at radius 1 is 1.12 bits per heavy atom. The average Bonchev–Trinajstić information content (AvgIpc) is 3.33. The molecule has 5 rings (SSSR count). The molecule has 3 aliphatic rings. The molecule has 0 fully saturated rings. The second kappa shape index (κ2) is 7.78. The first-order chi connectivity index (χ1) is 15.2. The maximum Gasteiger partial charge on any atom is 0.257 e. The number of fused-ring (bicyclic) bond motifs is 4. The first-order valence-corrected chi connectivity index (χ1v) is 14.1. The highest BCUT2D eigenvalue weighted by Crippen LogP contribution is 2.42. The van der Waals surface area contributed by atoms with E-state index < -0.39 is 20.0 Å². The molecule has 2 aromatic rings. The maximum absolute atomic E-state index is 12.8. The molecule has 168 valence electrons. The zero-order valence-corrected chi connectivity index (χ0v) is 19.3. The van der Waals surface area contributed by atoms with Crippen LogP contribution in [0.25, 0.3) is 0 Å². The lowest BCUT2D eigenvalue weighted by atomic mass is 10.2. The number of nitrogens with one attached hydrogen (secondary N) is 1. The normalized spacial score (nSPS) is 18.6. The van der Waals surface area contributed by atoms with Gasteiger partial charge in [-0.1, -0.05) is 18.2 Å². The van der Waals surface area contributed by atoms with Crippen LogP contribution >= 0.6 is 11.8 Å². The number of carbonyl (C=O) groups excluding carboxylic acids is 1. The number of para-hydroxylation sites is 1. The molecule has 3 heterocycles. The lowest BCUT2D eigenvalue weighted by Gasteiger charge is -2.22. The van der Waals surface area contributed by atoms with Crippen LogP contribution in [-0.4, -0.2) is 59.1 Å². The van der Waals surface area contributed by atoms with Crippen LogP contribution in [0.15, 0.2) is 51.8 Å². The Morgan fingerprint density at radius 3 is 2.78 bits per heavy atom. The molecule has 0 aromatic heterocycles. The minimum Gasteiger partial charge on any atom is -0.351 e. The molecule has 9 nitrogen and oxygen atoms in total. The number of benzene rings is 2. The summed E-state index contributed by atoms with van der Waals surface area (Å²) < 4.78 is 54.2. The van der Waals surface area contributed by atoms with Crippen LogP contribution in [0.5, 0.6) is 0 Å². The Bertz CT molecular complexity index is 1360. The number of hydrogen-bond acceptors (Lipinski definition) is 7. The Morgan fingerprint density at radius 2 is 1.94 bits per heavy atom. The minimum absolute atomic E-state index is 0.0128. The van der Waals surface area contributed by atoms with Crippen molar-refractivity contribution in [1.29, 1.82) is 0 Å². The van der Waals surface area contributed by atoms with Crippen molar-refractivity contribution in [3.8, 4) is 0 Å². The van der Waals surface area contributed by atoms with E-state index in [0.717, 1.165) is 16.1 Å². The third-order valence-corrected chi connectivity index (χ3v) is 9.64. The largest absolute Gasteiger partial charge is 0.351 e. The highest BCUT2D eigenvalue weighted by atomic mass is 32.2. The summed E-state index contributed by atoms with van der Waals surface area (Å²) in [5.41, 5.74) is 2.90. The summed E-state index contributed by atoms with van der Waals surface area (Å²) >= 11 is 1.21. The van der Waals surface area contributed by atoms with Crippen molar-refractivity contribution in [3.05, 3.63) is 53.6 Å². The van der Waals surface area contributed by atoms with Crippen molar-refractivity contribution >= 4 is 54.3 Å². The second-order valence-electron chi connectivity index (χ2n) is 7.62. The van der Waals surface area contributed by atoms with Gasteiger partial charge in [0.05, 0.1) is 22.9 Å². The fourth-order valence-electron chi connectivity index (χ4n) is 3.97. The predicted molar refractivity (Wildman–Crippen MR) is 124 cm³/mol. The molecular weight excluding hydrogens is 472 g/mol. The van der Waals surface area contributed by atoms with E-state index >= 15 is 0 Å². The first kappa shape index (κ1) is 21.3. The maximum atomic E-state index is 12.8. The van der Waals surface area contributed by atoms with Crippen molar-refractivity contribution in [2.24, 2.45) is 4.40 Å². The van der Waals surface area contributed by atoms with Gasteiger partial charge in [0.2, 0.25) is 10.0 Å². The lowest BCUT2D eigenvalue weighted by Crippen LogP contribution is -2.37. The van der Waals surface area contributed by atoms with Gasteiger partial charge in [-0.15, -0.1) is 4.40 Å². The van der Waals surface area contributed by atoms with E-state index in [1.54, 1.807) is 24.3 Å². The molecule has 2 aromatic carbocycles. The summed E-state index contributed by atoms with van der Waals surface area (Å²) in [4.78, 5) is 15.2. The van der Waals surface area contributed by atoms with Gasteiger partial charge in [-0.3, -0.25) is 9.10 Å². The van der Waals surface area contributed by atoms with Crippen LogP contribution in [0.1, 0.15) is 15.9 Å². The Labute approximate surface area is 190 Å². The standard InChI is InChI=1S/C20H20N4O5S3/c25-19(21-8-11-32(28,29)24-9-7-14-3-1-2-4-16(14)24)15-5-6-17-18(13-15)30-20-22-31(26,27)12-10-23(17)20/h1-6,13H,7-12H2,(H,21,25). The van der Waals surface area contributed by atoms with Crippen LogP contribution < -0.4 is 14.5 Å². The number of amides is 1. The number of rotatable bonds is 5. The van der Waals surface area contributed by atoms with E-state index in [0.29, 0.717) is 35.9 Å². The van der Waals surface area contributed by atoms with E-state index in [1.165, 1.54) is 16.1 Å². The van der Waals surface area contributed by atoms with Crippen LogP contribution in [0, 0.1) is 0 Å². The molecule has 0 spiro atoms. The van der Waals surface area contributed by atoms with E-state index in [4.69, 9.17) is 0 Å². The molecule has 32 heavy (non-hydrogen) atoms. The number of carbonyl (C=O) groups is 1. The summed E-state index contributed by atoms with van der Waals surface area (Å²) in [5, 5.41) is 3.07. The molecule has 1 N–H and O–H groups in total. The molecule has 1 amide bonds. The van der Waals surface area contributed by atoms with Gasteiger partial charge in [0, 0.05) is 30.1 Å². The molecule has 0 saturated carbocycles. The van der Waals surface area contributed by atoms with Crippen LogP contribution in [0.2, 0.25) is 0 Å². The molecule has 0 unspecified atom stereocenters. The van der Waals surface area contributed by atoms with Crippen LogP contribution in [0.3, 0.4) is 0 Å². The molecule has 0 aliphatic carbocycles. The monoisotopic (exact) mass is 492 g/mol. The Balaban J connectivity index is 1.24. The fraction of sp³-hybridized carbons (Fsp3) is 0.300. The molecule has 0 radical (unpaired) electrons. The topological polar surface area (TPSA) is 116 Å². The molecule has 0 saturated heterocycles. The van der Waals surface area contributed by atoms with Gasteiger partial charge in [0.1, 0.15) is 0 Å². The van der Waals surface area contributed by atoms with Crippen molar-refractivity contribution in [2.45, 2.75) is 11.3 Å². The number of anilines is 2. The van der Waals surface area contributed by atoms with Gasteiger partial charge in [-0.2, -0.15) is 0 Å². The van der Waals surface area contributed by atoms with Gasteiger partial charge >= 0.3 is 0 Å². The predicted octanol–water partition coefficient (Wildman–Crippen LogP) is 1.42. The fourth-order valence-corrected chi connectivity index (χ4v) is 7.70. The molecular formula is C20H20N4O5S3. The zero-order valence-electron chi connectivity index (χ0n) is 16.9. The van der Waals surface area contributed by atoms with Crippen LogP contribution in [0.4, 0.5) is 11.4 Å². The molecule has 0 atom stereocenters. The van der Waals surface area contributed by atoms with Crippen molar-refractivity contribution < 1.29 is 21.6 Å². The second-order valence-corrected chi connectivity index (χ2v) is 12.4. The first-order valence-electron chi connectivity index (χ1n) is 10.0. The minimum atomic E-state index is -3.55. The van der Waals surface area contributed by atoms with Gasteiger partial charge in [0.15, 0.2) is 5.17 Å². The SMILES string of the molecule is O=C(NCCS(=O)(=O)N1CCc2ccccc21)c1ccc2c(c1)SC1=NS(=O)(=O)CCN12. The third-order valence-electron chi connectivity index (χ3n) is 5.56. The van der Waals surface area contributed by atoms with Gasteiger partial charge in [-0.25, -0.2) is 16.8 Å². The van der Waals surface area contributed by atoms with Crippen molar-refractivity contribution in [2.75, 3.05) is 40.3 Å². The summed E-state index contributed by atoms with van der Waals surface area (Å²) in [6.07, 6.45) is 0.679. The van der Waals surface area contributed by atoms with Gasteiger partial charge in [0.25, 0.3) is 15.9 Å². The summed E-state index contributed by atoms with van der Waals surface area (Å²) in [6.45, 7) is 0.721. The van der Waals surface area contributed by atoms with Crippen molar-refractivity contribution in [3.63, 3.8) is 0 Å². The smallest absolute Gasteiger partial charge is 0.257 e. The molecule has 0 bridgehead atoms. The van der Waals surface area contributed by atoms with Gasteiger partial charge < -0.3 is 10.2 Å². The average molecular weight is 493 g/mol.